The molecule has 5 amide bonds. The summed E-state index contributed by atoms with van der Waals surface area (Å²) in [5.41, 5.74) is -0.789. The minimum atomic E-state index is -0.887. The van der Waals surface area contributed by atoms with Gasteiger partial charge in [0.05, 0.1) is 13.1 Å². The second kappa shape index (κ2) is 15.4. The van der Waals surface area contributed by atoms with Crippen molar-refractivity contribution in [2.45, 2.75) is 71.8 Å². The molecular weight excluding hydrogens is 552 g/mol. The zero-order valence-corrected chi connectivity index (χ0v) is 24.8. The molecule has 15 nitrogen and oxygen atoms in total. The molecule has 0 aliphatic carbocycles. The van der Waals surface area contributed by atoms with Crippen molar-refractivity contribution in [3.05, 3.63) is 35.9 Å². The Morgan fingerprint density at radius 3 is 2.10 bits per heavy atom. The van der Waals surface area contributed by atoms with Gasteiger partial charge in [0.1, 0.15) is 30.5 Å². The summed E-state index contributed by atoms with van der Waals surface area (Å²) >= 11 is 0. The van der Waals surface area contributed by atoms with Crippen LogP contribution in [0, 0.1) is 0 Å². The summed E-state index contributed by atoms with van der Waals surface area (Å²) < 4.78 is 15.4. The number of nitrogens with zero attached hydrogens (tertiary/aromatic N) is 2. The number of alkyl carbamates (subject to hydrolysis) is 3. The first-order valence-corrected chi connectivity index (χ1v) is 13.3. The van der Waals surface area contributed by atoms with Gasteiger partial charge in [0, 0.05) is 6.54 Å². The third kappa shape index (κ3) is 13.7. The van der Waals surface area contributed by atoms with Gasteiger partial charge in [-0.1, -0.05) is 30.3 Å². The number of carbonyl (C=O) groups is 5. The third-order valence-corrected chi connectivity index (χ3v) is 5.05. The molecule has 15 heteroatoms. The van der Waals surface area contributed by atoms with E-state index in [2.05, 4.69) is 26.4 Å². The van der Waals surface area contributed by atoms with Crippen LogP contribution in [0.3, 0.4) is 0 Å². The molecule has 42 heavy (non-hydrogen) atoms. The van der Waals surface area contributed by atoms with Crippen LogP contribution < -0.4 is 21.3 Å². The average Bonchev–Trinajstić information content (AvgIpc) is 3.19. The number of likely N-dealkylation sites (tertiary alicyclic amines) is 1. The van der Waals surface area contributed by atoms with Crippen molar-refractivity contribution in [2.75, 3.05) is 26.2 Å². The lowest BCUT2D eigenvalue weighted by molar-refractivity contribution is -0.134. The van der Waals surface area contributed by atoms with E-state index in [9.17, 15) is 24.0 Å². The Balaban J connectivity index is 1.76. The number of rotatable bonds is 9. The minimum absolute atomic E-state index is 0.00398. The Kier molecular flexibility index (Phi) is 12.4. The molecule has 1 aliphatic heterocycles. The SMILES string of the molecule is CC(C)(C)OC(=O)NC(=NOCCNC(=O)CN1CC[C@H](NC(=O)OCc2ccccc2)C1=O)NC(=O)OC(C)(C)C. The number of nitrogens with one attached hydrogen (secondary N) is 4. The Bertz CT molecular complexity index is 1100. The summed E-state index contributed by atoms with van der Waals surface area (Å²) in [6.45, 7) is 9.99. The third-order valence-electron chi connectivity index (χ3n) is 5.05. The molecule has 2 rings (SSSR count). The minimum Gasteiger partial charge on any atom is -0.445 e. The summed E-state index contributed by atoms with van der Waals surface area (Å²) in [5.74, 6) is -1.23. The van der Waals surface area contributed by atoms with Crippen LogP contribution in [0.2, 0.25) is 0 Å². The molecular formula is C27H40N6O9. The highest BCUT2D eigenvalue weighted by Gasteiger charge is 2.34. The van der Waals surface area contributed by atoms with Crippen molar-refractivity contribution in [3.63, 3.8) is 0 Å². The second-order valence-electron chi connectivity index (χ2n) is 11.2. The van der Waals surface area contributed by atoms with Gasteiger partial charge in [-0.15, -0.1) is 0 Å². The van der Waals surface area contributed by atoms with Gasteiger partial charge in [-0.05, 0) is 58.7 Å². The van der Waals surface area contributed by atoms with E-state index in [1.54, 1.807) is 41.5 Å². The predicted molar refractivity (Wildman–Crippen MR) is 150 cm³/mol. The maximum atomic E-state index is 12.6. The van der Waals surface area contributed by atoms with E-state index in [-0.39, 0.29) is 38.8 Å². The smallest absolute Gasteiger partial charge is 0.414 e. The fourth-order valence-electron chi connectivity index (χ4n) is 3.39. The molecule has 1 heterocycles. The van der Waals surface area contributed by atoms with Crippen LogP contribution in [0.5, 0.6) is 0 Å². The quantitative estimate of drug-likeness (QED) is 0.109. The number of carbonyl (C=O) groups excluding carboxylic acids is 5. The lowest BCUT2D eigenvalue weighted by Gasteiger charge is -2.21. The Morgan fingerprint density at radius 2 is 1.52 bits per heavy atom. The zero-order chi connectivity index (χ0) is 31.3. The molecule has 0 saturated carbocycles. The van der Waals surface area contributed by atoms with Crippen LogP contribution in [0.4, 0.5) is 14.4 Å². The molecule has 1 aromatic rings. The molecule has 0 spiro atoms. The first kappa shape index (κ1) is 33.6. The molecule has 1 aliphatic rings. The van der Waals surface area contributed by atoms with Gasteiger partial charge < -0.3 is 34.6 Å². The number of oxime groups is 1. The zero-order valence-electron chi connectivity index (χ0n) is 24.8. The van der Waals surface area contributed by atoms with E-state index in [1.807, 2.05) is 30.3 Å². The monoisotopic (exact) mass is 592 g/mol. The Hall–Kier alpha value is -4.56. The Labute approximate surface area is 244 Å². The van der Waals surface area contributed by atoms with Crippen molar-refractivity contribution in [1.29, 1.82) is 0 Å². The maximum absolute atomic E-state index is 12.6. The molecule has 1 saturated heterocycles. The van der Waals surface area contributed by atoms with Crippen LogP contribution >= 0.6 is 0 Å². The number of benzene rings is 1. The fraction of sp³-hybridized carbons (Fsp3) is 0.556. The van der Waals surface area contributed by atoms with Gasteiger partial charge >= 0.3 is 18.3 Å². The van der Waals surface area contributed by atoms with E-state index < -0.39 is 47.3 Å². The van der Waals surface area contributed by atoms with Crippen molar-refractivity contribution in [1.82, 2.24) is 26.2 Å². The summed E-state index contributed by atoms with van der Waals surface area (Å²) in [5, 5.41) is 13.3. The van der Waals surface area contributed by atoms with E-state index in [4.69, 9.17) is 19.0 Å². The largest absolute Gasteiger partial charge is 0.445 e. The lowest BCUT2D eigenvalue weighted by Crippen LogP contribution is -2.47. The normalized spacial score (nSPS) is 14.8. The number of ether oxygens (including phenoxy) is 3. The lowest BCUT2D eigenvalue weighted by atomic mass is 10.2. The van der Waals surface area contributed by atoms with Crippen LogP contribution in [-0.4, -0.2) is 84.4 Å². The first-order valence-electron chi connectivity index (χ1n) is 13.3. The van der Waals surface area contributed by atoms with Crippen molar-refractivity contribution < 1.29 is 43.0 Å². The topological polar surface area (TPSA) is 186 Å². The molecule has 0 aromatic heterocycles. The summed E-state index contributed by atoms with van der Waals surface area (Å²) in [6, 6.07) is 8.34. The van der Waals surface area contributed by atoms with Crippen LogP contribution in [0.25, 0.3) is 0 Å². The molecule has 4 N–H and O–H groups in total. The highest BCUT2D eigenvalue weighted by molar-refractivity contribution is 6.01. The van der Waals surface area contributed by atoms with Gasteiger partial charge in [-0.2, -0.15) is 0 Å². The average molecular weight is 593 g/mol. The molecule has 0 radical (unpaired) electrons. The molecule has 0 bridgehead atoms. The van der Waals surface area contributed by atoms with Crippen molar-refractivity contribution in [2.24, 2.45) is 5.16 Å². The second-order valence-corrected chi connectivity index (χ2v) is 11.2. The van der Waals surface area contributed by atoms with E-state index in [0.29, 0.717) is 6.42 Å². The number of guanidine groups is 1. The highest BCUT2D eigenvalue weighted by atomic mass is 16.6. The van der Waals surface area contributed by atoms with Gasteiger partial charge in [0.25, 0.3) is 5.96 Å². The van der Waals surface area contributed by atoms with E-state index in [1.165, 1.54) is 4.90 Å². The van der Waals surface area contributed by atoms with Gasteiger partial charge in [0.2, 0.25) is 11.8 Å². The predicted octanol–water partition coefficient (Wildman–Crippen LogP) is 1.97. The standard InChI is InChI=1S/C27H40N6O9/c1-26(2,3)41-24(37)30-22(31-25(38)42-27(4,5)6)32-40-15-13-28-20(34)16-33-14-12-19(21(33)35)29-23(36)39-17-18-10-8-7-9-11-18/h7-11,19H,12-17H2,1-6H3,(H,28,34)(H,29,36)(H2,30,31,32,37,38)/t19-/m0/s1. The Morgan fingerprint density at radius 1 is 0.929 bits per heavy atom. The summed E-state index contributed by atoms with van der Waals surface area (Å²) in [7, 11) is 0. The van der Waals surface area contributed by atoms with Crippen LogP contribution in [0.1, 0.15) is 53.5 Å². The molecule has 1 atom stereocenters. The van der Waals surface area contributed by atoms with Gasteiger partial charge in [0.15, 0.2) is 0 Å². The van der Waals surface area contributed by atoms with E-state index >= 15 is 0 Å². The summed E-state index contributed by atoms with van der Waals surface area (Å²) in [6.07, 6.45) is -2.16. The van der Waals surface area contributed by atoms with E-state index in [0.717, 1.165) is 5.56 Å². The van der Waals surface area contributed by atoms with Gasteiger partial charge in [-0.3, -0.25) is 20.2 Å². The van der Waals surface area contributed by atoms with Crippen LogP contribution in [0.15, 0.2) is 35.5 Å². The number of hydrogen-bond acceptors (Lipinski definition) is 10. The maximum Gasteiger partial charge on any atom is 0.414 e. The van der Waals surface area contributed by atoms with Crippen molar-refractivity contribution in [3.8, 4) is 0 Å². The number of amides is 5. The van der Waals surface area contributed by atoms with Crippen LogP contribution in [-0.2, 0) is 35.2 Å². The summed E-state index contributed by atoms with van der Waals surface area (Å²) in [4.78, 5) is 67.6. The number of hydrogen-bond donors (Lipinski definition) is 4. The highest BCUT2D eigenvalue weighted by Crippen LogP contribution is 2.12. The van der Waals surface area contributed by atoms with Gasteiger partial charge in [-0.25, -0.2) is 14.4 Å². The molecule has 1 fully saturated rings. The molecule has 0 unspecified atom stereocenters. The molecule has 232 valence electrons. The molecule has 1 aromatic carbocycles. The fourth-order valence-corrected chi connectivity index (χ4v) is 3.39. The first-order chi connectivity index (χ1) is 19.6. The van der Waals surface area contributed by atoms with Crippen molar-refractivity contribution >= 4 is 36.1 Å².